The Kier molecular flexibility index (Phi) is 1.98. The fourth-order valence-corrected chi connectivity index (χ4v) is 1.86. The van der Waals surface area contributed by atoms with Gasteiger partial charge in [0.15, 0.2) is 0 Å². The number of benzene rings is 1. The normalized spacial score (nSPS) is 10.8. The van der Waals surface area contributed by atoms with Crippen molar-refractivity contribution < 1.29 is 0 Å². The molecule has 0 unspecified atom stereocenters. The third-order valence-corrected chi connectivity index (χ3v) is 2.62. The van der Waals surface area contributed by atoms with Gasteiger partial charge in [0.2, 0.25) is 0 Å². The fraction of sp³-hybridized carbons (Fsp3) is 0. The van der Waals surface area contributed by atoms with Crippen molar-refractivity contribution in [3.8, 4) is 5.69 Å². The quantitative estimate of drug-likeness (QED) is 0.651. The van der Waals surface area contributed by atoms with E-state index in [4.69, 9.17) is 0 Å². The van der Waals surface area contributed by atoms with Gasteiger partial charge in [0, 0.05) is 11.9 Å². The first-order chi connectivity index (χ1) is 8.25. The van der Waals surface area contributed by atoms with E-state index in [1.54, 1.807) is 16.8 Å². The summed E-state index contributed by atoms with van der Waals surface area (Å²) in [5.41, 5.74) is 0.519. The topological polar surface area (TPSA) is 70.7 Å². The lowest BCUT2D eigenvalue weighted by atomic mass is 10.3. The number of aromatic amines is 2. The molecule has 3 rings (SSSR count). The third-order valence-electron chi connectivity index (χ3n) is 2.62. The van der Waals surface area contributed by atoms with Crippen LogP contribution in [-0.2, 0) is 0 Å². The van der Waals surface area contributed by atoms with Crippen molar-refractivity contribution in [2.75, 3.05) is 0 Å². The van der Waals surface area contributed by atoms with Crippen molar-refractivity contribution in [2.24, 2.45) is 0 Å². The van der Waals surface area contributed by atoms with Gasteiger partial charge in [-0.1, -0.05) is 18.2 Å². The summed E-state index contributed by atoms with van der Waals surface area (Å²) < 4.78 is 1.77. The maximum Gasteiger partial charge on any atom is 0.327 e. The second-order valence-corrected chi connectivity index (χ2v) is 3.69. The van der Waals surface area contributed by atoms with Crippen molar-refractivity contribution in [1.82, 2.24) is 14.5 Å². The summed E-state index contributed by atoms with van der Waals surface area (Å²) >= 11 is 0. The van der Waals surface area contributed by atoms with Crippen LogP contribution in [0.5, 0.6) is 0 Å². The summed E-state index contributed by atoms with van der Waals surface area (Å²) in [5, 5.41) is 0.466. The lowest BCUT2D eigenvalue weighted by molar-refractivity contribution is 1.02. The van der Waals surface area contributed by atoms with Crippen molar-refractivity contribution in [3.05, 3.63) is 63.4 Å². The molecule has 3 aromatic rings. The Balaban J connectivity index is 2.40. The van der Waals surface area contributed by atoms with E-state index in [0.29, 0.717) is 11.0 Å². The summed E-state index contributed by atoms with van der Waals surface area (Å²) in [4.78, 5) is 27.6. The van der Waals surface area contributed by atoms with Crippen LogP contribution in [-0.4, -0.2) is 14.5 Å². The van der Waals surface area contributed by atoms with Crippen LogP contribution in [0.3, 0.4) is 0 Å². The molecule has 2 aromatic heterocycles. The fourth-order valence-electron chi connectivity index (χ4n) is 1.86. The molecular weight excluding hydrogens is 218 g/mol. The standard InChI is InChI=1S/C12H9N3O2/c16-11-9-6-7-15(8-4-2-1-3-5-8)10(9)13-12(17)14-11/h1-7H,(H2,13,14,16,17). The Morgan fingerprint density at radius 3 is 2.47 bits per heavy atom. The van der Waals surface area contributed by atoms with Crippen molar-refractivity contribution in [1.29, 1.82) is 0 Å². The molecule has 1 aromatic carbocycles. The van der Waals surface area contributed by atoms with E-state index in [1.807, 2.05) is 30.3 Å². The minimum atomic E-state index is -0.501. The molecule has 0 radical (unpaired) electrons. The Labute approximate surface area is 95.4 Å². The first-order valence-corrected chi connectivity index (χ1v) is 5.15. The van der Waals surface area contributed by atoms with Gasteiger partial charge in [-0.3, -0.25) is 14.8 Å². The summed E-state index contributed by atoms with van der Waals surface area (Å²) in [6.45, 7) is 0. The van der Waals surface area contributed by atoms with Crippen LogP contribution in [0.4, 0.5) is 0 Å². The molecule has 0 saturated heterocycles. The largest absolute Gasteiger partial charge is 0.327 e. The van der Waals surface area contributed by atoms with Gasteiger partial charge in [0.25, 0.3) is 5.56 Å². The lowest BCUT2D eigenvalue weighted by Crippen LogP contribution is -2.22. The molecule has 5 nitrogen and oxygen atoms in total. The molecule has 2 heterocycles. The van der Waals surface area contributed by atoms with Gasteiger partial charge in [-0.05, 0) is 18.2 Å². The Morgan fingerprint density at radius 1 is 0.941 bits per heavy atom. The predicted octanol–water partition coefficient (Wildman–Crippen LogP) is 1.01. The number of rotatable bonds is 1. The SMILES string of the molecule is O=c1[nH]c(=O)c2ccn(-c3ccccc3)c2[nH]1. The van der Waals surface area contributed by atoms with Gasteiger partial charge in [-0.2, -0.15) is 0 Å². The van der Waals surface area contributed by atoms with E-state index in [1.165, 1.54) is 0 Å². The number of para-hydroxylation sites is 1. The van der Waals surface area contributed by atoms with Crippen LogP contribution >= 0.6 is 0 Å². The van der Waals surface area contributed by atoms with E-state index >= 15 is 0 Å². The van der Waals surface area contributed by atoms with Gasteiger partial charge in [0.05, 0.1) is 5.39 Å². The molecule has 0 aliphatic heterocycles. The van der Waals surface area contributed by atoms with Gasteiger partial charge >= 0.3 is 5.69 Å². The minimum Gasteiger partial charge on any atom is -0.303 e. The van der Waals surface area contributed by atoms with Crippen LogP contribution in [0.15, 0.2) is 52.2 Å². The summed E-state index contributed by atoms with van der Waals surface area (Å²) in [6, 6.07) is 11.2. The van der Waals surface area contributed by atoms with Gasteiger partial charge in [-0.25, -0.2) is 4.79 Å². The molecule has 2 N–H and O–H groups in total. The number of nitrogens with zero attached hydrogens (tertiary/aromatic N) is 1. The first kappa shape index (κ1) is 9.65. The highest BCUT2D eigenvalue weighted by Crippen LogP contribution is 2.14. The molecule has 0 aliphatic rings. The number of hydrogen-bond acceptors (Lipinski definition) is 2. The zero-order valence-electron chi connectivity index (χ0n) is 8.81. The maximum absolute atomic E-state index is 11.6. The summed E-state index contributed by atoms with van der Waals surface area (Å²) in [7, 11) is 0. The summed E-state index contributed by atoms with van der Waals surface area (Å²) in [6.07, 6.45) is 1.76. The third kappa shape index (κ3) is 1.48. The first-order valence-electron chi connectivity index (χ1n) is 5.15. The van der Waals surface area contributed by atoms with Crippen LogP contribution < -0.4 is 11.2 Å². The van der Waals surface area contributed by atoms with Crippen LogP contribution in [0.1, 0.15) is 0 Å². The second-order valence-electron chi connectivity index (χ2n) is 3.69. The van der Waals surface area contributed by atoms with E-state index < -0.39 is 5.69 Å². The van der Waals surface area contributed by atoms with Crippen molar-refractivity contribution in [3.63, 3.8) is 0 Å². The molecule has 0 atom stereocenters. The molecule has 0 saturated carbocycles. The Hall–Kier alpha value is -2.56. The highest BCUT2D eigenvalue weighted by atomic mass is 16.2. The van der Waals surface area contributed by atoms with E-state index in [2.05, 4.69) is 9.97 Å². The van der Waals surface area contributed by atoms with Crippen LogP contribution in [0, 0.1) is 0 Å². The molecule has 0 spiro atoms. The van der Waals surface area contributed by atoms with Gasteiger partial charge < -0.3 is 4.57 Å². The minimum absolute atomic E-state index is 0.376. The lowest BCUT2D eigenvalue weighted by Gasteiger charge is -2.03. The van der Waals surface area contributed by atoms with Gasteiger partial charge in [0.1, 0.15) is 5.65 Å². The van der Waals surface area contributed by atoms with Crippen LogP contribution in [0.25, 0.3) is 16.7 Å². The molecular formula is C12H9N3O2. The molecule has 84 valence electrons. The Morgan fingerprint density at radius 2 is 1.71 bits per heavy atom. The highest BCUT2D eigenvalue weighted by Gasteiger charge is 2.06. The average Bonchev–Trinajstić information content (AvgIpc) is 2.74. The second kappa shape index (κ2) is 3.48. The molecule has 0 bridgehead atoms. The van der Waals surface area contributed by atoms with Crippen molar-refractivity contribution in [2.45, 2.75) is 0 Å². The maximum atomic E-state index is 11.6. The molecule has 17 heavy (non-hydrogen) atoms. The average molecular weight is 227 g/mol. The number of fused-ring (bicyclic) bond motifs is 1. The number of hydrogen-bond donors (Lipinski definition) is 2. The smallest absolute Gasteiger partial charge is 0.303 e. The van der Waals surface area contributed by atoms with E-state index in [0.717, 1.165) is 5.69 Å². The van der Waals surface area contributed by atoms with Crippen LogP contribution in [0.2, 0.25) is 0 Å². The van der Waals surface area contributed by atoms with E-state index in [-0.39, 0.29) is 5.56 Å². The molecule has 5 heteroatoms. The zero-order chi connectivity index (χ0) is 11.8. The predicted molar refractivity (Wildman–Crippen MR) is 64.5 cm³/mol. The number of aromatic nitrogens is 3. The Bertz CT molecular complexity index is 781. The van der Waals surface area contributed by atoms with Crippen molar-refractivity contribution >= 4 is 11.0 Å². The monoisotopic (exact) mass is 227 g/mol. The summed E-state index contributed by atoms with van der Waals surface area (Å²) in [5.74, 6) is 0. The molecule has 0 fully saturated rings. The van der Waals surface area contributed by atoms with Gasteiger partial charge in [-0.15, -0.1) is 0 Å². The number of H-pyrrole nitrogens is 2. The highest BCUT2D eigenvalue weighted by molar-refractivity contribution is 5.76. The van der Waals surface area contributed by atoms with E-state index in [9.17, 15) is 9.59 Å². The zero-order valence-corrected chi connectivity index (χ0v) is 8.81. The molecule has 0 amide bonds. The number of nitrogens with one attached hydrogen (secondary N) is 2. The molecule has 0 aliphatic carbocycles.